The third-order valence-electron chi connectivity index (χ3n) is 2.21. The van der Waals surface area contributed by atoms with E-state index in [1.54, 1.807) is 0 Å². The third kappa shape index (κ3) is 3.34. The van der Waals surface area contributed by atoms with Crippen molar-refractivity contribution in [3.8, 4) is 0 Å². The van der Waals surface area contributed by atoms with Gasteiger partial charge in [-0.1, -0.05) is 6.07 Å². The Morgan fingerprint density at radius 1 is 1.43 bits per heavy atom. The number of aromatic nitrogens is 1. The van der Waals surface area contributed by atoms with Gasteiger partial charge in [0.2, 0.25) is 0 Å². The molecule has 0 aliphatic heterocycles. The SMILES string of the molecule is CNCCCN(C)c1ccc(C)cn1. The molecular weight excluding hydrogens is 174 g/mol. The van der Waals surface area contributed by atoms with Crippen LogP contribution in [-0.2, 0) is 0 Å². The van der Waals surface area contributed by atoms with Crippen molar-refractivity contribution in [3.05, 3.63) is 23.9 Å². The lowest BCUT2D eigenvalue weighted by molar-refractivity contribution is 0.709. The van der Waals surface area contributed by atoms with Crippen LogP contribution in [0.1, 0.15) is 12.0 Å². The summed E-state index contributed by atoms with van der Waals surface area (Å²) in [7, 11) is 4.05. The third-order valence-corrected chi connectivity index (χ3v) is 2.21. The zero-order valence-corrected chi connectivity index (χ0v) is 9.25. The molecule has 1 N–H and O–H groups in total. The summed E-state index contributed by atoms with van der Waals surface area (Å²) in [5.41, 5.74) is 1.21. The van der Waals surface area contributed by atoms with E-state index in [4.69, 9.17) is 0 Å². The van der Waals surface area contributed by atoms with Crippen LogP contribution in [-0.4, -0.2) is 32.2 Å². The molecule has 1 rings (SSSR count). The molecule has 1 heterocycles. The molecule has 0 spiro atoms. The van der Waals surface area contributed by atoms with Gasteiger partial charge in [0.15, 0.2) is 0 Å². The predicted octanol–water partition coefficient (Wildman–Crippen LogP) is 1.44. The van der Waals surface area contributed by atoms with Gasteiger partial charge in [0.1, 0.15) is 5.82 Å². The molecule has 0 aliphatic carbocycles. The fraction of sp³-hybridized carbons (Fsp3) is 0.545. The molecule has 0 saturated carbocycles. The summed E-state index contributed by atoms with van der Waals surface area (Å²) in [6, 6.07) is 4.16. The van der Waals surface area contributed by atoms with Gasteiger partial charge in [0.25, 0.3) is 0 Å². The highest BCUT2D eigenvalue weighted by Gasteiger charge is 2.00. The Balaban J connectivity index is 2.43. The molecule has 0 atom stereocenters. The molecule has 14 heavy (non-hydrogen) atoms. The van der Waals surface area contributed by atoms with E-state index in [0.29, 0.717) is 0 Å². The first-order valence-corrected chi connectivity index (χ1v) is 5.02. The Labute approximate surface area is 86.2 Å². The summed E-state index contributed by atoms with van der Waals surface area (Å²) < 4.78 is 0. The number of hydrogen-bond donors (Lipinski definition) is 1. The lowest BCUT2D eigenvalue weighted by Gasteiger charge is -2.17. The molecule has 0 aliphatic rings. The minimum Gasteiger partial charge on any atom is -0.360 e. The fourth-order valence-electron chi connectivity index (χ4n) is 1.29. The maximum absolute atomic E-state index is 4.36. The molecule has 0 unspecified atom stereocenters. The van der Waals surface area contributed by atoms with Gasteiger partial charge in [-0.25, -0.2) is 4.98 Å². The van der Waals surface area contributed by atoms with E-state index in [9.17, 15) is 0 Å². The molecule has 0 saturated heterocycles. The Bertz CT molecular complexity index is 256. The van der Waals surface area contributed by atoms with E-state index in [1.165, 1.54) is 5.56 Å². The molecule has 3 heteroatoms. The number of aryl methyl sites for hydroxylation is 1. The Morgan fingerprint density at radius 2 is 2.21 bits per heavy atom. The summed E-state index contributed by atoms with van der Waals surface area (Å²) in [6.45, 7) is 4.14. The zero-order chi connectivity index (χ0) is 10.4. The summed E-state index contributed by atoms with van der Waals surface area (Å²) in [5, 5.41) is 3.14. The normalized spacial score (nSPS) is 10.2. The van der Waals surface area contributed by atoms with E-state index in [1.807, 2.05) is 13.2 Å². The van der Waals surface area contributed by atoms with Gasteiger partial charge in [-0.3, -0.25) is 0 Å². The van der Waals surface area contributed by atoms with Crippen LogP contribution in [0, 0.1) is 6.92 Å². The largest absolute Gasteiger partial charge is 0.360 e. The van der Waals surface area contributed by atoms with E-state index in [0.717, 1.165) is 25.3 Å². The van der Waals surface area contributed by atoms with Gasteiger partial charge in [-0.2, -0.15) is 0 Å². The van der Waals surface area contributed by atoms with Crippen molar-refractivity contribution >= 4 is 5.82 Å². The highest BCUT2D eigenvalue weighted by molar-refractivity contribution is 5.37. The van der Waals surface area contributed by atoms with Crippen LogP contribution < -0.4 is 10.2 Å². The van der Waals surface area contributed by atoms with E-state index < -0.39 is 0 Å². The highest BCUT2D eigenvalue weighted by Crippen LogP contribution is 2.08. The maximum Gasteiger partial charge on any atom is 0.128 e. The maximum atomic E-state index is 4.36. The van der Waals surface area contributed by atoms with Crippen molar-refractivity contribution in [1.82, 2.24) is 10.3 Å². The van der Waals surface area contributed by atoms with Gasteiger partial charge in [-0.05, 0) is 38.6 Å². The quantitative estimate of drug-likeness (QED) is 0.717. The first-order chi connectivity index (χ1) is 6.74. The van der Waals surface area contributed by atoms with Gasteiger partial charge in [0.05, 0.1) is 0 Å². The molecule has 0 radical (unpaired) electrons. The van der Waals surface area contributed by atoms with Crippen LogP contribution >= 0.6 is 0 Å². The Morgan fingerprint density at radius 3 is 2.79 bits per heavy atom. The van der Waals surface area contributed by atoms with Crippen molar-refractivity contribution in [1.29, 1.82) is 0 Å². The minimum atomic E-state index is 1.04. The minimum absolute atomic E-state index is 1.04. The van der Waals surface area contributed by atoms with Crippen molar-refractivity contribution in [2.75, 3.05) is 32.1 Å². The topological polar surface area (TPSA) is 28.2 Å². The van der Waals surface area contributed by atoms with Crippen LogP contribution in [0.3, 0.4) is 0 Å². The number of hydrogen-bond acceptors (Lipinski definition) is 3. The van der Waals surface area contributed by atoms with Crippen LogP contribution in [0.15, 0.2) is 18.3 Å². The van der Waals surface area contributed by atoms with Crippen molar-refractivity contribution in [3.63, 3.8) is 0 Å². The molecule has 1 aromatic heterocycles. The van der Waals surface area contributed by atoms with Gasteiger partial charge >= 0.3 is 0 Å². The van der Waals surface area contributed by atoms with Gasteiger partial charge < -0.3 is 10.2 Å². The number of anilines is 1. The lowest BCUT2D eigenvalue weighted by atomic mass is 10.3. The second-order valence-electron chi connectivity index (χ2n) is 3.57. The fourth-order valence-corrected chi connectivity index (χ4v) is 1.29. The first kappa shape index (κ1) is 11.0. The smallest absolute Gasteiger partial charge is 0.128 e. The lowest BCUT2D eigenvalue weighted by Crippen LogP contribution is -2.22. The zero-order valence-electron chi connectivity index (χ0n) is 9.25. The standard InChI is InChI=1S/C11H19N3/c1-10-5-6-11(13-9-10)14(3)8-4-7-12-2/h5-6,9,12H,4,7-8H2,1-3H3. The summed E-state index contributed by atoms with van der Waals surface area (Å²) >= 11 is 0. The molecule has 0 aromatic carbocycles. The molecule has 0 fully saturated rings. The molecule has 3 nitrogen and oxygen atoms in total. The van der Waals surface area contributed by atoms with Crippen molar-refractivity contribution < 1.29 is 0 Å². The van der Waals surface area contributed by atoms with Gasteiger partial charge in [0, 0.05) is 19.8 Å². The average Bonchev–Trinajstić information content (AvgIpc) is 2.19. The van der Waals surface area contributed by atoms with E-state index >= 15 is 0 Å². The second-order valence-corrected chi connectivity index (χ2v) is 3.57. The van der Waals surface area contributed by atoms with Crippen LogP contribution in [0.5, 0.6) is 0 Å². The van der Waals surface area contributed by atoms with Crippen molar-refractivity contribution in [2.24, 2.45) is 0 Å². The molecule has 0 bridgehead atoms. The number of nitrogens with zero attached hydrogens (tertiary/aromatic N) is 2. The number of pyridine rings is 1. The second kappa shape index (κ2) is 5.60. The molecule has 78 valence electrons. The molecule has 0 amide bonds. The molecule has 1 aromatic rings. The number of rotatable bonds is 5. The highest BCUT2D eigenvalue weighted by atomic mass is 15.2. The monoisotopic (exact) mass is 193 g/mol. The summed E-state index contributed by atoms with van der Waals surface area (Å²) in [6.07, 6.45) is 3.05. The Hall–Kier alpha value is -1.09. The van der Waals surface area contributed by atoms with Crippen LogP contribution in [0.25, 0.3) is 0 Å². The van der Waals surface area contributed by atoms with Crippen LogP contribution in [0.4, 0.5) is 5.82 Å². The summed E-state index contributed by atoms with van der Waals surface area (Å²) in [5.74, 6) is 1.05. The number of nitrogens with one attached hydrogen (secondary N) is 1. The van der Waals surface area contributed by atoms with Crippen LogP contribution in [0.2, 0.25) is 0 Å². The molecular formula is C11H19N3. The predicted molar refractivity (Wildman–Crippen MR) is 60.8 cm³/mol. The van der Waals surface area contributed by atoms with E-state index in [-0.39, 0.29) is 0 Å². The average molecular weight is 193 g/mol. The Kier molecular flexibility index (Phi) is 4.40. The first-order valence-electron chi connectivity index (χ1n) is 5.02. The van der Waals surface area contributed by atoms with Crippen molar-refractivity contribution in [2.45, 2.75) is 13.3 Å². The summed E-state index contributed by atoms with van der Waals surface area (Å²) in [4.78, 5) is 6.54. The van der Waals surface area contributed by atoms with E-state index in [2.05, 4.69) is 41.3 Å². The van der Waals surface area contributed by atoms with Gasteiger partial charge in [-0.15, -0.1) is 0 Å².